The number of carbonyl (C=O) groups excluding carboxylic acids is 3. The maximum absolute atomic E-state index is 13.2. The number of anilines is 1. The number of carbonyl (C=O) groups is 3. The average Bonchev–Trinajstić information content (AvgIpc) is 2.96. The first kappa shape index (κ1) is 26.4. The lowest BCUT2D eigenvalue weighted by Crippen LogP contribution is -2.54. The van der Waals surface area contributed by atoms with Gasteiger partial charge in [0.1, 0.15) is 30.3 Å². The van der Waals surface area contributed by atoms with E-state index in [9.17, 15) is 14.4 Å². The smallest absolute Gasteiger partial charge is 0.335 e. The van der Waals surface area contributed by atoms with Crippen molar-refractivity contribution >= 4 is 29.6 Å². The minimum Gasteiger partial charge on any atom is -0.489 e. The van der Waals surface area contributed by atoms with Gasteiger partial charge in [0.25, 0.3) is 11.8 Å². The van der Waals surface area contributed by atoms with E-state index in [0.717, 1.165) is 16.0 Å². The lowest BCUT2D eigenvalue weighted by molar-refractivity contribution is -0.122. The Morgan fingerprint density at radius 1 is 0.650 bits per heavy atom. The first-order chi connectivity index (χ1) is 19.4. The summed E-state index contributed by atoms with van der Waals surface area (Å²) in [5.74, 6) is -0.208. The van der Waals surface area contributed by atoms with E-state index in [0.29, 0.717) is 36.0 Å². The van der Waals surface area contributed by atoms with E-state index in [-0.39, 0.29) is 5.57 Å². The number of benzene rings is 4. The van der Waals surface area contributed by atoms with Gasteiger partial charge in [-0.15, -0.1) is 0 Å². The Hall–Kier alpha value is -5.17. The number of imide groups is 2. The van der Waals surface area contributed by atoms with Crippen LogP contribution in [0.3, 0.4) is 0 Å². The van der Waals surface area contributed by atoms with Gasteiger partial charge < -0.3 is 9.47 Å². The number of barbiturate groups is 1. The molecule has 0 saturated carbocycles. The van der Waals surface area contributed by atoms with Crippen LogP contribution in [0.2, 0.25) is 0 Å². The van der Waals surface area contributed by atoms with E-state index in [1.807, 2.05) is 62.4 Å². The second-order valence-electron chi connectivity index (χ2n) is 9.57. The normalized spacial score (nSPS) is 14.3. The summed E-state index contributed by atoms with van der Waals surface area (Å²) in [7, 11) is 0. The molecule has 0 aromatic heterocycles. The van der Waals surface area contributed by atoms with Crippen LogP contribution in [0.5, 0.6) is 11.5 Å². The van der Waals surface area contributed by atoms with E-state index in [4.69, 9.17) is 9.47 Å². The third-order valence-electron chi connectivity index (χ3n) is 6.44. The van der Waals surface area contributed by atoms with Crippen LogP contribution in [0.1, 0.15) is 27.8 Å². The van der Waals surface area contributed by atoms with E-state index in [1.54, 1.807) is 48.5 Å². The Labute approximate surface area is 232 Å². The number of urea groups is 1. The maximum atomic E-state index is 13.2. The highest BCUT2D eigenvalue weighted by Gasteiger charge is 2.36. The average molecular weight is 533 g/mol. The number of hydrogen-bond acceptors (Lipinski definition) is 5. The molecule has 7 heteroatoms. The summed E-state index contributed by atoms with van der Waals surface area (Å²) in [6.45, 7) is 4.87. The Bertz CT molecular complexity index is 1560. The highest BCUT2D eigenvalue weighted by atomic mass is 16.5. The molecule has 40 heavy (non-hydrogen) atoms. The molecule has 0 aliphatic carbocycles. The lowest BCUT2D eigenvalue weighted by Gasteiger charge is -2.26. The van der Waals surface area contributed by atoms with Crippen LogP contribution in [0.25, 0.3) is 6.08 Å². The fourth-order valence-electron chi connectivity index (χ4n) is 4.11. The second-order valence-corrected chi connectivity index (χ2v) is 9.57. The number of hydrogen-bond donors (Lipinski definition) is 1. The molecule has 1 fully saturated rings. The van der Waals surface area contributed by atoms with E-state index in [1.165, 1.54) is 17.2 Å². The first-order valence-corrected chi connectivity index (χ1v) is 12.8. The number of amides is 4. The van der Waals surface area contributed by atoms with Gasteiger partial charge in [-0.1, -0.05) is 71.8 Å². The van der Waals surface area contributed by atoms with Crippen LogP contribution in [0.15, 0.2) is 103 Å². The van der Waals surface area contributed by atoms with Crippen LogP contribution in [-0.2, 0) is 22.8 Å². The molecule has 0 bridgehead atoms. The molecule has 0 spiro atoms. The Morgan fingerprint density at radius 2 is 1.12 bits per heavy atom. The first-order valence-electron chi connectivity index (χ1n) is 12.8. The number of aryl methyl sites for hydroxylation is 2. The molecule has 1 aliphatic rings. The fraction of sp³-hybridized carbons (Fsp3) is 0.121. The monoisotopic (exact) mass is 532 g/mol. The zero-order valence-corrected chi connectivity index (χ0v) is 22.2. The molecule has 1 aliphatic heterocycles. The summed E-state index contributed by atoms with van der Waals surface area (Å²) in [6, 6.07) is 28.9. The van der Waals surface area contributed by atoms with Gasteiger partial charge in [0.2, 0.25) is 0 Å². The zero-order valence-electron chi connectivity index (χ0n) is 22.2. The van der Waals surface area contributed by atoms with Gasteiger partial charge in [-0.3, -0.25) is 14.9 Å². The predicted molar refractivity (Wildman–Crippen MR) is 153 cm³/mol. The highest BCUT2D eigenvalue weighted by Crippen LogP contribution is 2.25. The molecule has 1 heterocycles. The largest absolute Gasteiger partial charge is 0.489 e. The van der Waals surface area contributed by atoms with Gasteiger partial charge in [0, 0.05) is 0 Å². The zero-order chi connectivity index (χ0) is 28.1. The fourth-order valence-corrected chi connectivity index (χ4v) is 4.11. The highest BCUT2D eigenvalue weighted by molar-refractivity contribution is 6.39. The third-order valence-corrected chi connectivity index (χ3v) is 6.44. The Kier molecular flexibility index (Phi) is 7.73. The van der Waals surface area contributed by atoms with E-state index < -0.39 is 17.8 Å². The summed E-state index contributed by atoms with van der Waals surface area (Å²) >= 11 is 0. The van der Waals surface area contributed by atoms with Crippen molar-refractivity contribution in [2.24, 2.45) is 0 Å². The van der Waals surface area contributed by atoms with Crippen LogP contribution in [0, 0.1) is 13.8 Å². The SMILES string of the molecule is Cc1ccc(COc2ccc(/C=C3\C(=O)NC(=O)N(c4ccc(OCc5ccc(C)cc5)cc4)C3=O)cc2)cc1. The minimum atomic E-state index is -0.805. The number of ether oxygens (including phenoxy) is 2. The Balaban J connectivity index is 1.25. The third kappa shape index (κ3) is 6.27. The summed E-state index contributed by atoms with van der Waals surface area (Å²) in [4.78, 5) is 39.3. The van der Waals surface area contributed by atoms with Crippen molar-refractivity contribution in [2.45, 2.75) is 27.1 Å². The van der Waals surface area contributed by atoms with Crippen molar-refractivity contribution in [3.63, 3.8) is 0 Å². The van der Waals surface area contributed by atoms with E-state index in [2.05, 4.69) is 5.32 Å². The molecule has 0 unspecified atom stereocenters. The molecule has 7 nitrogen and oxygen atoms in total. The number of rotatable bonds is 8. The molecule has 4 aromatic carbocycles. The molecule has 200 valence electrons. The topological polar surface area (TPSA) is 84.9 Å². The quantitative estimate of drug-likeness (QED) is 0.218. The summed E-state index contributed by atoms with van der Waals surface area (Å²) in [5, 5.41) is 2.25. The van der Waals surface area contributed by atoms with Gasteiger partial charge >= 0.3 is 6.03 Å². The lowest BCUT2D eigenvalue weighted by atomic mass is 10.1. The van der Waals surface area contributed by atoms with Crippen molar-refractivity contribution in [3.8, 4) is 11.5 Å². The molecule has 4 aromatic rings. The molecule has 0 radical (unpaired) electrons. The van der Waals surface area contributed by atoms with Crippen LogP contribution in [0.4, 0.5) is 10.5 Å². The van der Waals surface area contributed by atoms with Crippen molar-refractivity contribution in [1.29, 1.82) is 0 Å². The molecular weight excluding hydrogens is 504 g/mol. The summed E-state index contributed by atoms with van der Waals surface area (Å²) in [6.07, 6.45) is 1.46. The van der Waals surface area contributed by atoms with Crippen molar-refractivity contribution < 1.29 is 23.9 Å². The van der Waals surface area contributed by atoms with Crippen LogP contribution in [-0.4, -0.2) is 17.8 Å². The van der Waals surface area contributed by atoms with E-state index >= 15 is 0 Å². The van der Waals surface area contributed by atoms with Crippen LogP contribution >= 0.6 is 0 Å². The molecule has 1 N–H and O–H groups in total. The van der Waals surface area contributed by atoms with Gasteiger partial charge in [0.05, 0.1) is 5.69 Å². The Morgan fingerprint density at radius 3 is 1.62 bits per heavy atom. The molecule has 0 atom stereocenters. The standard InChI is InChI=1S/C33H28N2O5/c1-22-3-7-25(8-4-22)20-39-28-15-11-24(12-16-28)19-30-31(36)34-33(38)35(32(30)37)27-13-17-29(18-14-27)40-21-26-9-5-23(2)6-10-26/h3-19H,20-21H2,1-2H3,(H,34,36,38)/b30-19+. The molecule has 4 amide bonds. The summed E-state index contributed by atoms with van der Waals surface area (Å²) in [5.41, 5.74) is 5.23. The van der Waals surface area contributed by atoms with Crippen molar-refractivity contribution in [3.05, 3.63) is 130 Å². The minimum absolute atomic E-state index is 0.146. The van der Waals surface area contributed by atoms with Gasteiger partial charge in [0.15, 0.2) is 0 Å². The van der Waals surface area contributed by atoms with Crippen molar-refractivity contribution in [2.75, 3.05) is 4.90 Å². The van der Waals surface area contributed by atoms with Gasteiger partial charge in [-0.25, -0.2) is 9.69 Å². The second kappa shape index (κ2) is 11.7. The van der Waals surface area contributed by atoms with Crippen LogP contribution < -0.4 is 19.7 Å². The summed E-state index contributed by atoms with van der Waals surface area (Å²) < 4.78 is 11.7. The number of nitrogens with zero attached hydrogens (tertiary/aromatic N) is 1. The maximum Gasteiger partial charge on any atom is 0.335 e. The van der Waals surface area contributed by atoms with Crippen molar-refractivity contribution in [1.82, 2.24) is 5.32 Å². The molecular formula is C33H28N2O5. The number of nitrogens with one attached hydrogen (secondary N) is 1. The molecule has 5 rings (SSSR count). The molecule has 1 saturated heterocycles. The predicted octanol–water partition coefficient (Wildman–Crippen LogP) is 6.13. The van der Waals surface area contributed by atoms with Gasteiger partial charge in [-0.05, 0) is 73.0 Å². The van der Waals surface area contributed by atoms with Gasteiger partial charge in [-0.2, -0.15) is 0 Å².